The lowest BCUT2D eigenvalue weighted by atomic mass is 10.1. The van der Waals surface area contributed by atoms with Gasteiger partial charge in [-0.15, -0.1) is 24.0 Å². The molecule has 7 heteroatoms. The highest BCUT2D eigenvalue weighted by atomic mass is 127. The maximum Gasteiger partial charge on any atom is 0.191 e. The number of rotatable bonds is 8. The molecule has 3 rings (SSSR count). The molecular formula is C22H27ClIN5. The molecule has 0 unspecified atom stereocenters. The summed E-state index contributed by atoms with van der Waals surface area (Å²) in [7, 11) is 0. The minimum atomic E-state index is 0. The molecule has 0 spiro atoms. The van der Waals surface area contributed by atoms with Gasteiger partial charge >= 0.3 is 0 Å². The molecule has 154 valence electrons. The Morgan fingerprint density at radius 1 is 1.00 bits per heavy atom. The number of hydrogen-bond donors (Lipinski definition) is 2. The van der Waals surface area contributed by atoms with Crippen LogP contribution in [0, 0.1) is 0 Å². The van der Waals surface area contributed by atoms with Crippen LogP contribution < -0.4 is 10.6 Å². The number of nitrogens with zero attached hydrogens (tertiary/aromatic N) is 3. The van der Waals surface area contributed by atoms with Crippen LogP contribution in [0.4, 0.5) is 0 Å². The van der Waals surface area contributed by atoms with Crippen molar-refractivity contribution < 1.29 is 0 Å². The van der Waals surface area contributed by atoms with Gasteiger partial charge in [0.1, 0.15) is 0 Å². The van der Waals surface area contributed by atoms with E-state index in [1.54, 1.807) is 6.20 Å². The summed E-state index contributed by atoms with van der Waals surface area (Å²) in [6.07, 6.45) is 6.52. The summed E-state index contributed by atoms with van der Waals surface area (Å²) in [5.74, 6) is 0.832. The van der Waals surface area contributed by atoms with Gasteiger partial charge in [-0.05, 0) is 42.2 Å². The molecule has 1 heterocycles. The Morgan fingerprint density at radius 3 is 2.34 bits per heavy atom. The van der Waals surface area contributed by atoms with E-state index in [0.29, 0.717) is 6.54 Å². The molecule has 0 saturated heterocycles. The van der Waals surface area contributed by atoms with Gasteiger partial charge in [-0.3, -0.25) is 0 Å². The quantitative estimate of drug-likeness (QED) is 0.260. The SMILES string of the molecule is CCNC(=NCc1ccc(Cn2ccnc2)cc1)NCCc1ccc(Cl)cc1.I. The Labute approximate surface area is 194 Å². The van der Waals surface area contributed by atoms with Gasteiger partial charge in [0.15, 0.2) is 5.96 Å². The summed E-state index contributed by atoms with van der Waals surface area (Å²) in [6.45, 7) is 5.19. The van der Waals surface area contributed by atoms with Crippen molar-refractivity contribution >= 4 is 41.5 Å². The average molecular weight is 524 g/mol. The zero-order chi connectivity index (χ0) is 19.6. The molecule has 0 radical (unpaired) electrons. The van der Waals surface area contributed by atoms with E-state index in [1.165, 1.54) is 16.7 Å². The Hall–Kier alpha value is -2.06. The summed E-state index contributed by atoms with van der Waals surface area (Å²) in [5, 5.41) is 7.45. The molecule has 3 aromatic rings. The fraction of sp³-hybridized carbons (Fsp3) is 0.273. The summed E-state index contributed by atoms with van der Waals surface area (Å²) in [4.78, 5) is 8.77. The number of aliphatic imine (C=N–C) groups is 1. The number of nitrogens with one attached hydrogen (secondary N) is 2. The van der Waals surface area contributed by atoms with E-state index in [1.807, 2.05) is 24.7 Å². The fourth-order valence-electron chi connectivity index (χ4n) is 2.83. The van der Waals surface area contributed by atoms with Gasteiger partial charge < -0.3 is 15.2 Å². The largest absolute Gasteiger partial charge is 0.357 e. The number of aromatic nitrogens is 2. The first-order valence-corrected chi connectivity index (χ1v) is 9.91. The summed E-state index contributed by atoms with van der Waals surface area (Å²) >= 11 is 5.93. The van der Waals surface area contributed by atoms with E-state index < -0.39 is 0 Å². The second-order valence-corrected chi connectivity index (χ2v) is 6.99. The fourth-order valence-corrected chi connectivity index (χ4v) is 2.96. The van der Waals surface area contributed by atoms with Crippen LogP contribution in [-0.2, 0) is 19.5 Å². The van der Waals surface area contributed by atoms with Gasteiger partial charge in [0.25, 0.3) is 0 Å². The summed E-state index contributed by atoms with van der Waals surface area (Å²) in [6, 6.07) is 16.5. The van der Waals surface area contributed by atoms with Crippen molar-refractivity contribution in [2.24, 2.45) is 4.99 Å². The van der Waals surface area contributed by atoms with Crippen LogP contribution in [0.25, 0.3) is 0 Å². The van der Waals surface area contributed by atoms with Gasteiger partial charge in [0.2, 0.25) is 0 Å². The molecule has 1 aromatic heterocycles. The molecule has 0 saturated carbocycles. The molecule has 2 aromatic carbocycles. The van der Waals surface area contributed by atoms with E-state index in [2.05, 4.69) is 63.5 Å². The number of benzene rings is 2. The first kappa shape index (κ1) is 23.2. The molecule has 5 nitrogen and oxygen atoms in total. The predicted molar refractivity (Wildman–Crippen MR) is 131 cm³/mol. The lowest BCUT2D eigenvalue weighted by molar-refractivity contribution is 0.794. The average Bonchev–Trinajstić information content (AvgIpc) is 3.22. The van der Waals surface area contributed by atoms with Crippen molar-refractivity contribution in [2.75, 3.05) is 13.1 Å². The van der Waals surface area contributed by atoms with E-state index >= 15 is 0 Å². The Kier molecular flexibility index (Phi) is 10.0. The Balaban J connectivity index is 0.00000300. The van der Waals surface area contributed by atoms with E-state index in [0.717, 1.165) is 37.0 Å². The first-order chi connectivity index (χ1) is 13.7. The third-order valence-corrected chi connectivity index (χ3v) is 4.58. The molecule has 0 aliphatic carbocycles. The number of guanidine groups is 1. The lowest BCUT2D eigenvalue weighted by Gasteiger charge is -2.11. The minimum Gasteiger partial charge on any atom is -0.357 e. The maximum atomic E-state index is 5.93. The van der Waals surface area contributed by atoms with Crippen molar-refractivity contribution in [3.05, 3.63) is 89.0 Å². The van der Waals surface area contributed by atoms with Gasteiger partial charge in [-0.2, -0.15) is 0 Å². The van der Waals surface area contributed by atoms with Crippen molar-refractivity contribution in [2.45, 2.75) is 26.4 Å². The van der Waals surface area contributed by atoms with E-state index in [-0.39, 0.29) is 24.0 Å². The zero-order valence-corrected chi connectivity index (χ0v) is 19.6. The topological polar surface area (TPSA) is 54.2 Å². The van der Waals surface area contributed by atoms with Crippen molar-refractivity contribution in [1.82, 2.24) is 20.2 Å². The second kappa shape index (κ2) is 12.5. The molecule has 2 N–H and O–H groups in total. The standard InChI is InChI=1S/C22H26ClN5.HI/c1-2-25-22(26-12-11-18-7-9-21(23)10-8-18)27-15-19-3-5-20(6-4-19)16-28-14-13-24-17-28;/h3-10,13-14,17H,2,11-12,15-16H2,1H3,(H2,25,26,27);1H. The highest BCUT2D eigenvalue weighted by molar-refractivity contribution is 14.0. The number of hydrogen-bond acceptors (Lipinski definition) is 2. The third-order valence-electron chi connectivity index (χ3n) is 4.33. The predicted octanol–water partition coefficient (Wildman–Crippen LogP) is 4.50. The molecule has 0 aliphatic heterocycles. The normalized spacial score (nSPS) is 11.0. The van der Waals surface area contributed by atoms with Gasteiger partial charge in [-0.25, -0.2) is 9.98 Å². The molecule has 0 atom stereocenters. The van der Waals surface area contributed by atoms with Crippen LogP contribution in [0.1, 0.15) is 23.6 Å². The van der Waals surface area contributed by atoms with Gasteiger partial charge in [0.05, 0.1) is 12.9 Å². The summed E-state index contributed by atoms with van der Waals surface area (Å²) < 4.78 is 2.06. The molecule has 29 heavy (non-hydrogen) atoms. The van der Waals surface area contributed by atoms with E-state index in [9.17, 15) is 0 Å². The summed E-state index contributed by atoms with van der Waals surface area (Å²) in [5.41, 5.74) is 3.68. The van der Waals surface area contributed by atoms with Crippen LogP contribution in [0.2, 0.25) is 5.02 Å². The van der Waals surface area contributed by atoms with Crippen LogP contribution in [-0.4, -0.2) is 28.6 Å². The number of imidazole rings is 1. The molecule has 0 bridgehead atoms. The zero-order valence-electron chi connectivity index (χ0n) is 16.5. The maximum absolute atomic E-state index is 5.93. The van der Waals surface area contributed by atoms with Crippen LogP contribution in [0.15, 0.2) is 72.2 Å². The lowest BCUT2D eigenvalue weighted by Crippen LogP contribution is -2.38. The van der Waals surface area contributed by atoms with Crippen molar-refractivity contribution in [3.8, 4) is 0 Å². The van der Waals surface area contributed by atoms with Gasteiger partial charge in [-0.1, -0.05) is 48.0 Å². The van der Waals surface area contributed by atoms with Crippen molar-refractivity contribution in [1.29, 1.82) is 0 Å². The number of halogens is 2. The first-order valence-electron chi connectivity index (χ1n) is 9.53. The smallest absolute Gasteiger partial charge is 0.191 e. The molecule has 0 aliphatic rings. The van der Waals surface area contributed by atoms with Crippen LogP contribution in [0.3, 0.4) is 0 Å². The monoisotopic (exact) mass is 523 g/mol. The third kappa shape index (κ3) is 8.06. The van der Waals surface area contributed by atoms with Crippen molar-refractivity contribution in [3.63, 3.8) is 0 Å². The highest BCUT2D eigenvalue weighted by Crippen LogP contribution is 2.10. The Morgan fingerprint density at radius 2 is 1.69 bits per heavy atom. The Bertz CT molecular complexity index is 861. The molecule has 0 amide bonds. The molecule has 0 fully saturated rings. The molecular weight excluding hydrogens is 497 g/mol. The van der Waals surface area contributed by atoms with Gasteiger partial charge in [0, 0.05) is 37.1 Å². The highest BCUT2D eigenvalue weighted by Gasteiger charge is 2.00. The minimum absolute atomic E-state index is 0. The second-order valence-electron chi connectivity index (χ2n) is 6.55. The van der Waals surface area contributed by atoms with E-state index in [4.69, 9.17) is 16.6 Å². The van der Waals surface area contributed by atoms with Crippen LogP contribution in [0.5, 0.6) is 0 Å². The van der Waals surface area contributed by atoms with Crippen LogP contribution >= 0.6 is 35.6 Å².